The van der Waals surface area contributed by atoms with E-state index in [1.807, 2.05) is 24.3 Å². The van der Waals surface area contributed by atoms with Crippen LogP contribution >= 0.6 is 0 Å². The van der Waals surface area contributed by atoms with Crippen LogP contribution in [0.5, 0.6) is 5.75 Å². The van der Waals surface area contributed by atoms with E-state index in [1.54, 1.807) is 25.3 Å². The van der Waals surface area contributed by atoms with Gasteiger partial charge >= 0.3 is 0 Å². The van der Waals surface area contributed by atoms with Gasteiger partial charge in [-0.2, -0.15) is 0 Å². The molecule has 1 heterocycles. The van der Waals surface area contributed by atoms with Crippen molar-refractivity contribution in [2.45, 2.75) is 6.04 Å². The van der Waals surface area contributed by atoms with Gasteiger partial charge in [0.1, 0.15) is 17.6 Å². The average Bonchev–Trinajstić information content (AvgIpc) is 2.94. The van der Waals surface area contributed by atoms with E-state index in [1.165, 1.54) is 6.07 Å². The van der Waals surface area contributed by atoms with E-state index in [4.69, 9.17) is 15.0 Å². The molecule has 0 saturated carbocycles. The number of hydrazine groups is 1. The Morgan fingerprint density at radius 1 is 1.19 bits per heavy atom. The smallest absolute Gasteiger partial charge is 0.169 e. The maximum absolute atomic E-state index is 13.7. The van der Waals surface area contributed by atoms with Crippen molar-refractivity contribution in [3.63, 3.8) is 0 Å². The lowest BCUT2D eigenvalue weighted by molar-refractivity contribution is 0.414. The first-order valence-electron chi connectivity index (χ1n) is 6.51. The van der Waals surface area contributed by atoms with Crippen molar-refractivity contribution >= 4 is 11.0 Å². The van der Waals surface area contributed by atoms with Gasteiger partial charge in [-0.3, -0.25) is 5.84 Å². The summed E-state index contributed by atoms with van der Waals surface area (Å²) >= 11 is 0. The Kier molecular flexibility index (Phi) is 3.60. The van der Waals surface area contributed by atoms with Crippen LogP contribution in [-0.2, 0) is 0 Å². The van der Waals surface area contributed by atoms with Gasteiger partial charge in [0.15, 0.2) is 11.4 Å². The summed E-state index contributed by atoms with van der Waals surface area (Å²) in [5.74, 6) is 6.56. The molecular weight excluding hydrogens is 271 g/mol. The quantitative estimate of drug-likeness (QED) is 0.571. The molecule has 5 heteroatoms. The Bertz CT molecular complexity index is 753. The Morgan fingerprint density at radius 2 is 1.95 bits per heavy atom. The molecule has 4 nitrogen and oxygen atoms in total. The van der Waals surface area contributed by atoms with Gasteiger partial charge in [0, 0.05) is 5.39 Å². The lowest BCUT2D eigenvalue weighted by Gasteiger charge is -2.14. The Morgan fingerprint density at radius 3 is 2.57 bits per heavy atom. The van der Waals surface area contributed by atoms with Crippen molar-refractivity contribution in [3.05, 3.63) is 65.7 Å². The van der Waals surface area contributed by atoms with E-state index in [9.17, 15) is 4.39 Å². The molecule has 2 aromatic carbocycles. The number of rotatable bonds is 4. The molecule has 0 bridgehead atoms. The first-order chi connectivity index (χ1) is 10.2. The van der Waals surface area contributed by atoms with Gasteiger partial charge in [0.2, 0.25) is 0 Å². The van der Waals surface area contributed by atoms with Gasteiger partial charge in [-0.1, -0.05) is 24.3 Å². The number of hydrogen-bond donors (Lipinski definition) is 2. The first kappa shape index (κ1) is 13.6. The van der Waals surface area contributed by atoms with Crippen LogP contribution in [-0.4, -0.2) is 7.11 Å². The Labute approximate surface area is 121 Å². The topological polar surface area (TPSA) is 60.4 Å². The lowest BCUT2D eigenvalue weighted by Crippen LogP contribution is -2.28. The molecular formula is C16H15FN2O2. The van der Waals surface area contributed by atoms with Gasteiger partial charge < -0.3 is 9.15 Å². The highest BCUT2D eigenvalue weighted by Gasteiger charge is 2.18. The average molecular weight is 286 g/mol. The third kappa shape index (κ3) is 2.49. The standard InChI is InChI=1S/C16H15FN2O2/c1-20-12-7-5-10(6-8-12)15(19-18)14-9-11-3-2-4-13(17)16(11)21-14/h2-9,15,19H,18H2,1H3. The van der Waals surface area contributed by atoms with Crippen LogP contribution in [0.3, 0.4) is 0 Å². The molecule has 0 aliphatic heterocycles. The molecule has 0 radical (unpaired) electrons. The first-order valence-corrected chi connectivity index (χ1v) is 6.51. The minimum atomic E-state index is -0.385. The van der Waals surface area contributed by atoms with Crippen LogP contribution in [0.25, 0.3) is 11.0 Å². The number of methoxy groups -OCH3 is 1. The minimum Gasteiger partial charge on any atom is -0.497 e. The molecule has 1 unspecified atom stereocenters. The molecule has 108 valence electrons. The number of nitrogens with two attached hydrogens (primary N) is 1. The van der Waals surface area contributed by atoms with Crippen LogP contribution in [0.2, 0.25) is 0 Å². The summed E-state index contributed by atoms with van der Waals surface area (Å²) in [5.41, 5.74) is 3.83. The number of ether oxygens (including phenoxy) is 1. The summed E-state index contributed by atoms with van der Waals surface area (Å²) < 4.78 is 24.4. The molecule has 3 N–H and O–H groups in total. The van der Waals surface area contributed by atoms with Gasteiger partial charge in [-0.05, 0) is 29.8 Å². The van der Waals surface area contributed by atoms with E-state index in [0.29, 0.717) is 11.1 Å². The summed E-state index contributed by atoms with van der Waals surface area (Å²) in [6, 6.07) is 13.7. The fourth-order valence-electron chi connectivity index (χ4n) is 2.33. The molecule has 0 aliphatic rings. The molecule has 0 spiro atoms. The second-order valence-electron chi connectivity index (χ2n) is 4.68. The third-order valence-corrected chi connectivity index (χ3v) is 3.42. The highest BCUT2D eigenvalue weighted by molar-refractivity contribution is 5.78. The van der Waals surface area contributed by atoms with Gasteiger partial charge in [0.05, 0.1) is 7.11 Å². The molecule has 3 aromatic rings. The highest BCUT2D eigenvalue weighted by atomic mass is 19.1. The van der Waals surface area contributed by atoms with Crippen LogP contribution in [0, 0.1) is 5.82 Å². The van der Waals surface area contributed by atoms with Crippen LogP contribution < -0.4 is 16.0 Å². The normalized spacial score (nSPS) is 12.5. The second kappa shape index (κ2) is 5.55. The molecule has 3 rings (SSSR count). The third-order valence-electron chi connectivity index (χ3n) is 3.42. The largest absolute Gasteiger partial charge is 0.497 e. The fraction of sp³-hybridized carbons (Fsp3) is 0.125. The van der Waals surface area contributed by atoms with E-state index < -0.39 is 0 Å². The SMILES string of the molecule is COc1ccc(C(NN)c2cc3cccc(F)c3o2)cc1. The Hall–Kier alpha value is -2.37. The maximum Gasteiger partial charge on any atom is 0.169 e. The molecule has 1 aromatic heterocycles. The van der Waals surface area contributed by atoms with E-state index in [0.717, 1.165) is 11.3 Å². The summed E-state index contributed by atoms with van der Waals surface area (Å²) in [5, 5.41) is 0.707. The van der Waals surface area contributed by atoms with Crippen molar-refractivity contribution in [2.24, 2.45) is 5.84 Å². The molecule has 0 aliphatic carbocycles. The van der Waals surface area contributed by atoms with Gasteiger partial charge in [-0.15, -0.1) is 0 Å². The zero-order valence-electron chi connectivity index (χ0n) is 11.5. The number of hydrogen-bond acceptors (Lipinski definition) is 4. The van der Waals surface area contributed by atoms with Crippen molar-refractivity contribution < 1.29 is 13.5 Å². The molecule has 0 saturated heterocycles. The predicted molar refractivity (Wildman–Crippen MR) is 78.3 cm³/mol. The highest BCUT2D eigenvalue weighted by Crippen LogP contribution is 2.29. The summed E-state index contributed by atoms with van der Waals surface area (Å²) in [7, 11) is 1.61. The number of halogens is 1. The van der Waals surface area contributed by atoms with Gasteiger partial charge in [-0.25, -0.2) is 9.82 Å². The number of fused-ring (bicyclic) bond motifs is 1. The van der Waals surface area contributed by atoms with Crippen LogP contribution in [0.4, 0.5) is 4.39 Å². The van der Waals surface area contributed by atoms with Crippen molar-refractivity contribution in [3.8, 4) is 5.75 Å². The number of para-hydroxylation sites is 1. The molecule has 0 fully saturated rings. The second-order valence-corrected chi connectivity index (χ2v) is 4.68. The number of nitrogens with one attached hydrogen (secondary N) is 1. The maximum atomic E-state index is 13.7. The molecule has 1 atom stereocenters. The monoisotopic (exact) mass is 286 g/mol. The summed E-state index contributed by atoms with van der Waals surface area (Å²) in [4.78, 5) is 0. The van der Waals surface area contributed by atoms with Crippen molar-refractivity contribution in [1.29, 1.82) is 0 Å². The number of benzene rings is 2. The van der Waals surface area contributed by atoms with Crippen molar-refractivity contribution in [2.75, 3.05) is 7.11 Å². The Balaban J connectivity index is 2.02. The minimum absolute atomic E-state index is 0.237. The van der Waals surface area contributed by atoms with E-state index >= 15 is 0 Å². The van der Waals surface area contributed by atoms with Crippen LogP contribution in [0.1, 0.15) is 17.4 Å². The summed E-state index contributed by atoms with van der Waals surface area (Å²) in [6.45, 7) is 0. The van der Waals surface area contributed by atoms with Crippen molar-refractivity contribution in [1.82, 2.24) is 5.43 Å². The predicted octanol–water partition coefficient (Wildman–Crippen LogP) is 3.13. The fourth-order valence-corrected chi connectivity index (χ4v) is 2.33. The van der Waals surface area contributed by atoms with E-state index in [2.05, 4.69) is 5.43 Å². The summed E-state index contributed by atoms with van der Waals surface area (Å²) in [6.07, 6.45) is 0. The molecule has 0 amide bonds. The van der Waals surface area contributed by atoms with E-state index in [-0.39, 0.29) is 17.4 Å². The number of furan rings is 1. The van der Waals surface area contributed by atoms with Crippen LogP contribution in [0.15, 0.2) is 52.9 Å². The lowest BCUT2D eigenvalue weighted by atomic mass is 10.0. The zero-order valence-corrected chi connectivity index (χ0v) is 11.5. The van der Waals surface area contributed by atoms with Gasteiger partial charge in [0.25, 0.3) is 0 Å². The molecule has 21 heavy (non-hydrogen) atoms. The zero-order chi connectivity index (χ0) is 14.8.